The Morgan fingerprint density at radius 3 is 2.19 bits per heavy atom. The maximum absolute atomic E-state index is 12.5. The van der Waals surface area contributed by atoms with Gasteiger partial charge in [-0.2, -0.15) is 0 Å². The van der Waals surface area contributed by atoms with Crippen LogP contribution in [-0.2, 0) is 9.53 Å². The van der Waals surface area contributed by atoms with Crippen LogP contribution in [0, 0.1) is 0 Å². The zero-order valence-electron chi connectivity index (χ0n) is 14.6. The summed E-state index contributed by atoms with van der Waals surface area (Å²) in [4.78, 5) is 26.2. The van der Waals surface area contributed by atoms with Crippen LogP contribution >= 0.6 is 0 Å². The van der Waals surface area contributed by atoms with Crippen LogP contribution in [-0.4, -0.2) is 32.6 Å². The largest absolute Gasteiger partial charge is 0.496 e. The predicted octanol–water partition coefficient (Wildman–Crippen LogP) is 3.67. The Hall–Kier alpha value is -3.34. The van der Waals surface area contributed by atoms with Gasteiger partial charge in [0, 0.05) is 12.7 Å². The van der Waals surface area contributed by atoms with E-state index in [1.54, 1.807) is 19.2 Å². The summed E-state index contributed by atoms with van der Waals surface area (Å²) >= 11 is 0. The summed E-state index contributed by atoms with van der Waals surface area (Å²) < 4.78 is 10.5. The topological polar surface area (TPSA) is 55.8 Å². The maximum atomic E-state index is 12.5. The molecule has 0 aromatic heterocycles. The van der Waals surface area contributed by atoms with E-state index in [4.69, 9.17) is 9.47 Å². The van der Waals surface area contributed by atoms with Gasteiger partial charge < -0.3 is 14.4 Å². The van der Waals surface area contributed by atoms with Crippen LogP contribution in [0.4, 0.5) is 5.69 Å². The third-order valence-corrected chi connectivity index (χ3v) is 4.13. The highest BCUT2D eigenvalue weighted by Crippen LogP contribution is 2.26. The lowest BCUT2D eigenvalue weighted by Crippen LogP contribution is -2.31. The minimum absolute atomic E-state index is 0.293. The molecule has 132 valence electrons. The molecule has 0 saturated carbocycles. The van der Waals surface area contributed by atoms with Crippen molar-refractivity contribution in [1.82, 2.24) is 0 Å². The molecule has 0 aliphatic heterocycles. The normalized spacial score (nSPS) is 10.4. The number of para-hydroxylation sites is 1. The highest BCUT2D eigenvalue weighted by Gasteiger charge is 2.18. The summed E-state index contributed by atoms with van der Waals surface area (Å²) in [7, 11) is 3.14. The number of amides is 1. The first-order chi connectivity index (χ1) is 12.6. The SMILES string of the molecule is COc1cc2ccccc2cc1C(=O)OCC(=O)N(C)c1ccccc1. The van der Waals surface area contributed by atoms with Crippen molar-refractivity contribution < 1.29 is 19.1 Å². The fourth-order valence-electron chi connectivity index (χ4n) is 2.65. The van der Waals surface area contributed by atoms with Gasteiger partial charge in [-0.25, -0.2) is 4.79 Å². The zero-order valence-corrected chi connectivity index (χ0v) is 14.6. The minimum Gasteiger partial charge on any atom is -0.496 e. The summed E-state index contributed by atoms with van der Waals surface area (Å²) in [5.41, 5.74) is 1.03. The van der Waals surface area contributed by atoms with Crippen molar-refractivity contribution in [2.24, 2.45) is 0 Å². The van der Waals surface area contributed by atoms with Gasteiger partial charge in [0.15, 0.2) is 6.61 Å². The van der Waals surface area contributed by atoms with Gasteiger partial charge in [-0.3, -0.25) is 4.79 Å². The molecule has 3 rings (SSSR count). The molecule has 0 aliphatic rings. The summed E-state index contributed by atoms with van der Waals surface area (Å²) in [6, 6.07) is 20.3. The van der Waals surface area contributed by atoms with E-state index in [-0.39, 0.29) is 12.5 Å². The van der Waals surface area contributed by atoms with Gasteiger partial charge in [-0.05, 0) is 35.0 Å². The first kappa shape index (κ1) is 17.5. The van der Waals surface area contributed by atoms with Gasteiger partial charge in [0.2, 0.25) is 0 Å². The highest BCUT2D eigenvalue weighted by atomic mass is 16.5. The molecule has 0 spiro atoms. The molecule has 1 amide bonds. The van der Waals surface area contributed by atoms with Gasteiger partial charge in [0.1, 0.15) is 11.3 Å². The van der Waals surface area contributed by atoms with Crippen molar-refractivity contribution in [3.63, 3.8) is 0 Å². The molecule has 3 aromatic rings. The summed E-state index contributed by atoms with van der Waals surface area (Å²) in [5, 5.41) is 1.86. The summed E-state index contributed by atoms with van der Waals surface area (Å²) in [6.07, 6.45) is 0. The van der Waals surface area contributed by atoms with E-state index in [1.807, 2.05) is 54.6 Å². The number of rotatable bonds is 5. The van der Waals surface area contributed by atoms with Crippen LogP contribution < -0.4 is 9.64 Å². The number of benzene rings is 3. The molecule has 5 nitrogen and oxygen atoms in total. The first-order valence-corrected chi connectivity index (χ1v) is 8.15. The second-order valence-corrected chi connectivity index (χ2v) is 5.76. The number of carbonyl (C=O) groups is 2. The van der Waals surface area contributed by atoms with E-state index in [0.29, 0.717) is 11.3 Å². The Morgan fingerprint density at radius 1 is 0.923 bits per heavy atom. The molecule has 5 heteroatoms. The van der Waals surface area contributed by atoms with Crippen LogP contribution in [0.3, 0.4) is 0 Å². The Kier molecular flexibility index (Phi) is 5.17. The molecular weight excluding hydrogens is 330 g/mol. The van der Waals surface area contributed by atoms with Crippen LogP contribution in [0.1, 0.15) is 10.4 Å². The van der Waals surface area contributed by atoms with E-state index in [2.05, 4.69) is 0 Å². The molecule has 0 radical (unpaired) electrons. The quantitative estimate of drug-likeness (QED) is 0.660. The zero-order chi connectivity index (χ0) is 18.5. The molecule has 0 saturated heterocycles. The molecule has 26 heavy (non-hydrogen) atoms. The van der Waals surface area contributed by atoms with Gasteiger partial charge in [0.25, 0.3) is 5.91 Å². The van der Waals surface area contributed by atoms with Crippen molar-refractivity contribution in [3.8, 4) is 5.75 Å². The van der Waals surface area contributed by atoms with Crippen molar-refractivity contribution in [3.05, 3.63) is 72.3 Å². The van der Waals surface area contributed by atoms with E-state index in [0.717, 1.165) is 16.5 Å². The van der Waals surface area contributed by atoms with Crippen molar-refractivity contribution in [1.29, 1.82) is 0 Å². The fourth-order valence-corrected chi connectivity index (χ4v) is 2.65. The number of hydrogen-bond acceptors (Lipinski definition) is 4. The Bertz CT molecular complexity index is 937. The number of hydrogen-bond donors (Lipinski definition) is 0. The molecule has 0 aliphatic carbocycles. The Morgan fingerprint density at radius 2 is 1.54 bits per heavy atom. The molecule has 0 atom stereocenters. The highest BCUT2D eigenvalue weighted by molar-refractivity contribution is 6.00. The third kappa shape index (κ3) is 3.67. The van der Waals surface area contributed by atoms with Gasteiger partial charge in [-0.1, -0.05) is 42.5 Å². The van der Waals surface area contributed by atoms with E-state index < -0.39 is 5.97 Å². The van der Waals surface area contributed by atoms with Gasteiger partial charge >= 0.3 is 5.97 Å². The molecule has 0 heterocycles. The number of methoxy groups -OCH3 is 1. The number of likely N-dealkylation sites (N-methyl/N-ethyl adjacent to an activating group) is 1. The Labute approximate surface area is 151 Å². The summed E-state index contributed by atoms with van der Waals surface area (Å²) in [6.45, 7) is -0.347. The van der Waals surface area contributed by atoms with Gasteiger partial charge in [-0.15, -0.1) is 0 Å². The van der Waals surface area contributed by atoms with Crippen molar-refractivity contribution >= 4 is 28.3 Å². The smallest absolute Gasteiger partial charge is 0.342 e. The number of anilines is 1. The van der Waals surface area contributed by atoms with Crippen LogP contribution in [0.15, 0.2) is 66.7 Å². The van der Waals surface area contributed by atoms with Gasteiger partial charge in [0.05, 0.1) is 7.11 Å². The van der Waals surface area contributed by atoms with Crippen LogP contribution in [0.25, 0.3) is 10.8 Å². The first-order valence-electron chi connectivity index (χ1n) is 8.15. The predicted molar refractivity (Wildman–Crippen MR) is 101 cm³/mol. The maximum Gasteiger partial charge on any atom is 0.342 e. The molecule has 0 bridgehead atoms. The van der Waals surface area contributed by atoms with E-state index in [1.165, 1.54) is 12.0 Å². The monoisotopic (exact) mass is 349 g/mol. The number of fused-ring (bicyclic) bond motifs is 1. The average Bonchev–Trinajstić information content (AvgIpc) is 2.70. The lowest BCUT2D eigenvalue weighted by atomic mass is 10.1. The van der Waals surface area contributed by atoms with Crippen molar-refractivity contribution in [2.45, 2.75) is 0 Å². The number of carbonyl (C=O) groups excluding carboxylic acids is 2. The molecule has 3 aromatic carbocycles. The van der Waals surface area contributed by atoms with Crippen LogP contribution in [0.2, 0.25) is 0 Å². The number of nitrogens with zero attached hydrogens (tertiary/aromatic N) is 1. The molecule has 0 N–H and O–H groups in total. The number of ether oxygens (including phenoxy) is 2. The van der Waals surface area contributed by atoms with E-state index in [9.17, 15) is 9.59 Å². The van der Waals surface area contributed by atoms with E-state index >= 15 is 0 Å². The third-order valence-electron chi connectivity index (χ3n) is 4.13. The fraction of sp³-hybridized carbons (Fsp3) is 0.143. The Balaban J connectivity index is 1.74. The number of esters is 1. The minimum atomic E-state index is -0.595. The standard InChI is InChI=1S/C21H19NO4/c1-22(17-10-4-3-5-11-17)20(23)14-26-21(24)18-12-15-8-6-7-9-16(15)13-19(18)25-2/h3-13H,14H2,1-2H3. The average molecular weight is 349 g/mol. The lowest BCUT2D eigenvalue weighted by molar-refractivity contribution is -0.121. The molecule has 0 unspecified atom stereocenters. The second-order valence-electron chi connectivity index (χ2n) is 5.76. The summed E-state index contributed by atoms with van der Waals surface area (Å²) in [5.74, 6) is -0.496. The molecule has 0 fully saturated rings. The van der Waals surface area contributed by atoms with Crippen molar-refractivity contribution in [2.75, 3.05) is 25.7 Å². The molecular formula is C21H19NO4. The second kappa shape index (κ2) is 7.70. The lowest BCUT2D eigenvalue weighted by Gasteiger charge is -2.17. The van der Waals surface area contributed by atoms with Crippen LogP contribution in [0.5, 0.6) is 5.75 Å².